The molecule has 5 heteroatoms. The van der Waals surface area contributed by atoms with Crippen LogP contribution in [0.1, 0.15) is 32.6 Å². The second-order valence-electron chi connectivity index (χ2n) is 4.45. The van der Waals surface area contributed by atoms with Crippen LogP contribution in [0.4, 0.5) is 0 Å². The molecule has 1 rings (SSSR count). The van der Waals surface area contributed by atoms with Gasteiger partial charge in [0.1, 0.15) is 0 Å². The Hall–Kier alpha value is -1.10. The van der Waals surface area contributed by atoms with E-state index in [0.717, 1.165) is 26.1 Å². The van der Waals surface area contributed by atoms with E-state index in [-0.39, 0.29) is 11.8 Å². The third-order valence-corrected chi connectivity index (χ3v) is 2.86. The summed E-state index contributed by atoms with van der Waals surface area (Å²) in [7, 11) is 0. The molecular weight excluding hydrogens is 220 g/mol. The molecule has 0 aromatic heterocycles. The summed E-state index contributed by atoms with van der Waals surface area (Å²) in [5.41, 5.74) is 0. The molecule has 1 heterocycles. The highest BCUT2D eigenvalue weighted by Crippen LogP contribution is 2.16. The minimum atomic E-state index is -0.0999. The predicted molar refractivity (Wildman–Crippen MR) is 64.5 cm³/mol. The quantitative estimate of drug-likeness (QED) is 0.710. The lowest BCUT2D eigenvalue weighted by atomic mass is 9.99. The Labute approximate surface area is 102 Å². The van der Waals surface area contributed by atoms with Crippen LogP contribution in [0.15, 0.2) is 0 Å². The molecule has 0 unspecified atom stereocenters. The van der Waals surface area contributed by atoms with E-state index < -0.39 is 0 Å². The first kappa shape index (κ1) is 14.0. The van der Waals surface area contributed by atoms with Crippen molar-refractivity contribution in [3.63, 3.8) is 0 Å². The number of amides is 2. The third kappa shape index (κ3) is 6.94. The molecule has 5 nitrogen and oxygen atoms in total. The summed E-state index contributed by atoms with van der Waals surface area (Å²) < 4.78 is 5.37. The molecular formula is C12H22N2O3. The van der Waals surface area contributed by atoms with Crippen LogP contribution in [0.5, 0.6) is 0 Å². The van der Waals surface area contributed by atoms with E-state index in [1.54, 1.807) is 0 Å². The van der Waals surface area contributed by atoms with Crippen molar-refractivity contribution in [2.24, 2.45) is 5.92 Å². The maximum Gasteiger partial charge on any atom is 0.221 e. The molecule has 1 fully saturated rings. The number of carbonyl (C=O) groups excluding carboxylic acids is 2. The summed E-state index contributed by atoms with van der Waals surface area (Å²) in [6.07, 6.45) is 3.65. The van der Waals surface area contributed by atoms with Crippen molar-refractivity contribution in [1.82, 2.24) is 10.6 Å². The molecule has 1 aliphatic rings. The molecule has 17 heavy (non-hydrogen) atoms. The molecule has 0 spiro atoms. The topological polar surface area (TPSA) is 67.4 Å². The summed E-state index contributed by atoms with van der Waals surface area (Å²) in [6.45, 7) is 4.25. The SMILES string of the molecule is CC(=O)NCCC(=O)NCC[C@@H]1CCCOC1. The van der Waals surface area contributed by atoms with Gasteiger partial charge < -0.3 is 15.4 Å². The smallest absolute Gasteiger partial charge is 0.221 e. The fourth-order valence-corrected chi connectivity index (χ4v) is 1.89. The van der Waals surface area contributed by atoms with Crippen LogP contribution in [-0.2, 0) is 14.3 Å². The van der Waals surface area contributed by atoms with Crippen LogP contribution in [0, 0.1) is 5.92 Å². The van der Waals surface area contributed by atoms with Crippen molar-refractivity contribution in [3.05, 3.63) is 0 Å². The minimum absolute atomic E-state index is 0.00419. The van der Waals surface area contributed by atoms with E-state index in [1.807, 2.05) is 0 Å². The van der Waals surface area contributed by atoms with Gasteiger partial charge in [-0.05, 0) is 25.2 Å². The Balaban J connectivity index is 1.97. The monoisotopic (exact) mass is 242 g/mol. The average molecular weight is 242 g/mol. The Morgan fingerprint density at radius 1 is 1.29 bits per heavy atom. The van der Waals surface area contributed by atoms with Gasteiger partial charge >= 0.3 is 0 Å². The van der Waals surface area contributed by atoms with E-state index in [9.17, 15) is 9.59 Å². The van der Waals surface area contributed by atoms with Crippen molar-refractivity contribution in [3.8, 4) is 0 Å². The number of ether oxygens (including phenoxy) is 1. The van der Waals surface area contributed by atoms with Crippen LogP contribution in [0.2, 0.25) is 0 Å². The molecule has 0 bridgehead atoms. The van der Waals surface area contributed by atoms with Crippen molar-refractivity contribution < 1.29 is 14.3 Å². The summed E-state index contributed by atoms with van der Waals surface area (Å²) in [5, 5.41) is 5.45. The first-order chi connectivity index (χ1) is 8.18. The van der Waals surface area contributed by atoms with E-state index in [1.165, 1.54) is 13.3 Å². The van der Waals surface area contributed by atoms with E-state index in [0.29, 0.717) is 25.4 Å². The molecule has 0 radical (unpaired) electrons. The van der Waals surface area contributed by atoms with Gasteiger partial charge in [-0.2, -0.15) is 0 Å². The molecule has 1 atom stereocenters. The Bertz CT molecular complexity index is 250. The van der Waals surface area contributed by atoms with Crippen LogP contribution < -0.4 is 10.6 Å². The molecule has 2 N–H and O–H groups in total. The number of hydrogen-bond acceptors (Lipinski definition) is 3. The van der Waals surface area contributed by atoms with Gasteiger partial charge in [0.05, 0.1) is 0 Å². The maximum atomic E-state index is 11.4. The summed E-state index contributed by atoms with van der Waals surface area (Å²) in [6, 6.07) is 0. The zero-order chi connectivity index (χ0) is 12.5. The van der Waals surface area contributed by atoms with Crippen molar-refractivity contribution in [2.45, 2.75) is 32.6 Å². The standard InChI is InChI=1S/C12H22N2O3/c1-10(15)13-7-5-12(16)14-6-4-11-3-2-8-17-9-11/h11H,2-9H2,1H3,(H,13,15)(H,14,16)/t11-/m0/s1. The lowest BCUT2D eigenvalue weighted by molar-refractivity contribution is -0.121. The van der Waals surface area contributed by atoms with Gasteiger partial charge in [-0.15, -0.1) is 0 Å². The van der Waals surface area contributed by atoms with Crippen LogP contribution >= 0.6 is 0 Å². The van der Waals surface area contributed by atoms with E-state index >= 15 is 0 Å². The highest BCUT2D eigenvalue weighted by molar-refractivity contribution is 5.77. The molecule has 1 saturated heterocycles. The second-order valence-corrected chi connectivity index (χ2v) is 4.45. The number of nitrogens with one attached hydrogen (secondary N) is 2. The number of carbonyl (C=O) groups is 2. The highest BCUT2D eigenvalue weighted by Gasteiger charge is 2.13. The predicted octanol–water partition coefficient (Wildman–Crippen LogP) is 0.445. The van der Waals surface area contributed by atoms with Gasteiger partial charge in [-0.1, -0.05) is 0 Å². The molecule has 0 aromatic rings. The third-order valence-electron chi connectivity index (χ3n) is 2.86. The molecule has 0 aromatic carbocycles. The first-order valence-corrected chi connectivity index (χ1v) is 6.27. The number of rotatable bonds is 6. The van der Waals surface area contributed by atoms with Crippen LogP contribution in [-0.4, -0.2) is 38.1 Å². The highest BCUT2D eigenvalue weighted by atomic mass is 16.5. The van der Waals surface area contributed by atoms with Crippen molar-refractivity contribution in [2.75, 3.05) is 26.3 Å². The van der Waals surface area contributed by atoms with Gasteiger partial charge in [0.15, 0.2) is 0 Å². The maximum absolute atomic E-state index is 11.4. The summed E-state index contributed by atoms with van der Waals surface area (Å²) in [5.74, 6) is 0.479. The summed E-state index contributed by atoms with van der Waals surface area (Å²) >= 11 is 0. The Morgan fingerprint density at radius 3 is 2.76 bits per heavy atom. The summed E-state index contributed by atoms with van der Waals surface area (Å²) in [4.78, 5) is 22.0. The lowest BCUT2D eigenvalue weighted by Crippen LogP contribution is -2.31. The number of hydrogen-bond donors (Lipinski definition) is 2. The van der Waals surface area contributed by atoms with Gasteiger partial charge in [0.25, 0.3) is 0 Å². The molecule has 98 valence electrons. The van der Waals surface area contributed by atoms with Crippen LogP contribution in [0.3, 0.4) is 0 Å². The van der Waals surface area contributed by atoms with Crippen LogP contribution in [0.25, 0.3) is 0 Å². The second kappa shape index (κ2) is 8.06. The van der Waals surface area contributed by atoms with Gasteiger partial charge in [0, 0.05) is 39.6 Å². The lowest BCUT2D eigenvalue weighted by Gasteiger charge is -2.21. The average Bonchev–Trinajstić information content (AvgIpc) is 2.30. The fraction of sp³-hybridized carbons (Fsp3) is 0.833. The Kier molecular flexibility index (Phi) is 6.62. The molecule has 1 aliphatic heterocycles. The molecule has 0 saturated carbocycles. The van der Waals surface area contributed by atoms with E-state index in [4.69, 9.17) is 4.74 Å². The van der Waals surface area contributed by atoms with Crippen molar-refractivity contribution in [1.29, 1.82) is 0 Å². The molecule has 2 amide bonds. The zero-order valence-electron chi connectivity index (χ0n) is 10.5. The Morgan fingerprint density at radius 2 is 2.12 bits per heavy atom. The van der Waals surface area contributed by atoms with E-state index in [2.05, 4.69) is 10.6 Å². The van der Waals surface area contributed by atoms with Gasteiger partial charge in [-0.25, -0.2) is 0 Å². The minimum Gasteiger partial charge on any atom is -0.381 e. The zero-order valence-corrected chi connectivity index (χ0v) is 10.5. The normalized spacial score (nSPS) is 19.7. The fourth-order valence-electron chi connectivity index (χ4n) is 1.89. The van der Waals surface area contributed by atoms with Gasteiger partial charge in [-0.3, -0.25) is 9.59 Å². The molecule has 0 aliphatic carbocycles. The first-order valence-electron chi connectivity index (χ1n) is 6.27. The van der Waals surface area contributed by atoms with Crippen molar-refractivity contribution >= 4 is 11.8 Å². The van der Waals surface area contributed by atoms with Gasteiger partial charge in [0.2, 0.25) is 11.8 Å². The largest absolute Gasteiger partial charge is 0.381 e.